The molecule has 0 fully saturated rings. The minimum Gasteiger partial charge on any atom is -0.258 e. The van der Waals surface area contributed by atoms with Gasteiger partial charge in [0.25, 0.3) is 5.69 Å². The van der Waals surface area contributed by atoms with E-state index < -0.39 is 13.2 Å². The van der Waals surface area contributed by atoms with Crippen LogP contribution in [0, 0.1) is 10.1 Å². The first-order valence-corrected chi connectivity index (χ1v) is 4.67. The van der Waals surface area contributed by atoms with Crippen LogP contribution in [0.4, 0.5) is 5.69 Å². The number of rotatable bonds is 4. The molecule has 0 saturated carbocycles. The van der Waals surface area contributed by atoms with E-state index in [1.54, 1.807) is 0 Å². The van der Waals surface area contributed by atoms with Crippen molar-refractivity contribution in [3.05, 3.63) is 34.4 Å². The van der Waals surface area contributed by atoms with Crippen LogP contribution in [0.5, 0.6) is 5.75 Å². The van der Waals surface area contributed by atoms with E-state index in [-0.39, 0.29) is 11.4 Å². The van der Waals surface area contributed by atoms with Crippen LogP contribution in [0.2, 0.25) is 0 Å². The molecule has 14 heavy (non-hydrogen) atoms. The Morgan fingerprint density at radius 2 is 2.21 bits per heavy atom. The summed E-state index contributed by atoms with van der Waals surface area (Å²) >= 11 is 0. The molecule has 0 aliphatic heterocycles. The van der Waals surface area contributed by atoms with Crippen molar-refractivity contribution in [1.29, 1.82) is 0 Å². The Kier molecular flexibility index (Phi) is 3.50. The van der Waals surface area contributed by atoms with E-state index in [0.29, 0.717) is 0 Å². The highest BCUT2D eigenvalue weighted by Gasteiger charge is 2.20. The van der Waals surface area contributed by atoms with E-state index in [1.165, 1.54) is 31.4 Å². The zero-order chi connectivity index (χ0) is 10.6. The predicted molar refractivity (Wildman–Crippen MR) is 48.3 cm³/mol. The summed E-state index contributed by atoms with van der Waals surface area (Å²) in [4.78, 5) is 9.79. The van der Waals surface area contributed by atoms with E-state index in [9.17, 15) is 14.7 Å². The molecule has 0 bridgehead atoms. The first-order chi connectivity index (χ1) is 6.63. The van der Waals surface area contributed by atoms with Gasteiger partial charge in [0.1, 0.15) is 0 Å². The quantitative estimate of drug-likeness (QED) is 0.438. The molecule has 0 amide bonds. The Hall–Kier alpha value is -1.52. The third-order valence-corrected chi connectivity index (χ3v) is 2.02. The number of nitro groups is 1. The van der Waals surface area contributed by atoms with Crippen molar-refractivity contribution in [3.63, 3.8) is 0 Å². The van der Waals surface area contributed by atoms with Crippen LogP contribution < -0.4 is 4.52 Å². The summed E-state index contributed by atoms with van der Waals surface area (Å²) < 4.78 is 19.9. The molecule has 0 aromatic heterocycles. The van der Waals surface area contributed by atoms with Gasteiger partial charge in [0, 0.05) is 10.6 Å². The summed E-state index contributed by atoms with van der Waals surface area (Å²) in [6.45, 7) is 0. The molecule has 0 aliphatic rings. The maximum atomic E-state index is 10.8. The van der Waals surface area contributed by atoms with Gasteiger partial charge in [-0.3, -0.25) is 10.1 Å². The van der Waals surface area contributed by atoms with Gasteiger partial charge in [0.2, 0.25) is 0 Å². The highest BCUT2D eigenvalue weighted by molar-refractivity contribution is 7.33. The van der Waals surface area contributed by atoms with Crippen LogP contribution in [-0.2, 0) is 9.09 Å². The fraction of sp³-hybridized carbons (Fsp3) is 0.143. The molecule has 7 heteroatoms. The summed E-state index contributed by atoms with van der Waals surface area (Å²) in [7, 11) is -1.04. The van der Waals surface area contributed by atoms with Gasteiger partial charge < -0.3 is 0 Å². The lowest BCUT2D eigenvalue weighted by molar-refractivity contribution is -0.384. The van der Waals surface area contributed by atoms with Crippen molar-refractivity contribution >= 4 is 13.9 Å². The molecule has 1 aromatic carbocycles. The van der Waals surface area contributed by atoms with E-state index in [4.69, 9.17) is 4.52 Å². The predicted octanol–water partition coefficient (Wildman–Crippen LogP) is 2.28. The molecule has 0 N–H and O–H groups in total. The molecule has 1 rings (SSSR count). The lowest BCUT2D eigenvalue weighted by Gasteiger charge is -1.92. The van der Waals surface area contributed by atoms with Crippen molar-refractivity contribution in [3.8, 4) is 5.75 Å². The smallest absolute Gasteiger partial charge is 0.258 e. The summed E-state index contributed by atoms with van der Waals surface area (Å²) in [6.07, 6.45) is 0. The minimum atomic E-state index is -2.26. The standard InChI is InChI=1S/C7H7NO5P/c1-12-14(11)13-7-4-2-3-6(5-7)8(9)10/h2-5H,1H3/q+1. The van der Waals surface area contributed by atoms with Gasteiger partial charge in [-0.05, 0) is 6.07 Å². The Balaban J connectivity index is 2.83. The van der Waals surface area contributed by atoms with Gasteiger partial charge in [-0.15, -0.1) is 4.52 Å². The molecule has 0 spiro atoms. The SMILES string of the molecule is CO[P+](=O)Oc1cccc([N+](=O)[O-])c1. The second-order valence-electron chi connectivity index (χ2n) is 2.25. The first kappa shape index (κ1) is 10.6. The Labute approximate surface area is 80.6 Å². The molecular weight excluding hydrogens is 209 g/mol. The van der Waals surface area contributed by atoms with Crippen LogP contribution in [0.25, 0.3) is 0 Å². The van der Waals surface area contributed by atoms with E-state index in [0.717, 1.165) is 0 Å². The molecule has 1 atom stereocenters. The molecular formula is C7H7NO5P+. The van der Waals surface area contributed by atoms with Crippen LogP contribution in [-0.4, -0.2) is 12.0 Å². The van der Waals surface area contributed by atoms with Gasteiger partial charge in [-0.25, -0.2) is 4.52 Å². The van der Waals surface area contributed by atoms with Gasteiger partial charge in [-0.1, -0.05) is 6.07 Å². The lowest BCUT2D eigenvalue weighted by atomic mass is 10.3. The fourth-order valence-electron chi connectivity index (χ4n) is 0.777. The molecule has 0 radical (unpaired) electrons. The Morgan fingerprint density at radius 1 is 1.50 bits per heavy atom. The van der Waals surface area contributed by atoms with Crippen molar-refractivity contribution in [2.75, 3.05) is 7.11 Å². The highest BCUT2D eigenvalue weighted by Crippen LogP contribution is 2.28. The Bertz CT molecular complexity index is 367. The first-order valence-electron chi connectivity index (χ1n) is 3.57. The zero-order valence-corrected chi connectivity index (χ0v) is 8.14. The van der Waals surface area contributed by atoms with E-state index in [2.05, 4.69) is 4.52 Å². The molecule has 74 valence electrons. The number of non-ortho nitro benzene ring substituents is 1. The lowest BCUT2D eigenvalue weighted by Crippen LogP contribution is -1.88. The zero-order valence-electron chi connectivity index (χ0n) is 7.25. The van der Waals surface area contributed by atoms with Gasteiger partial charge in [0.05, 0.1) is 18.1 Å². The number of nitro benzene ring substituents is 1. The molecule has 0 saturated heterocycles. The normalized spacial score (nSPS) is 10.8. The summed E-state index contributed by atoms with van der Waals surface area (Å²) in [5.41, 5.74) is -0.123. The van der Waals surface area contributed by atoms with Crippen LogP contribution in [0.1, 0.15) is 0 Å². The molecule has 6 nitrogen and oxygen atoms in total. The monoisotopic (exact) mass is 216 g/mol. The molecule has 1 aromatic rings. The van der Waals surface area contributed by atoms with Crippen LogP contribution in [0.15, 0.2) is 24.3 Å². The van der Waals surface area contributed by atoms with Gasteiger partial charge >= 0.3 is 8.25 Å². The van der Waals surface area contributed by atoms with Crippen molar-refractivity contribution in [2.24, 2.45) is 0 Å². The summed E-state index contributed by atoms with van der Waals surface area (Å²) in [5.74, 6) is 0.141. The van der Waals surface area contributed by atoms with E-state index >= 15 is 0 Å². The number of benzene rings is 1. The topological polar surface area (TPSA) is 78.7 Å². The van der Waals surface area contributed by atoms with Crippen LogP contribution in [0.3, 0.4) is 0 Å². The fourth-order valence-corrected chi connectivity index (χ4v) is 1.14. The maximum absolute atomic E-state index is 10.8. The second kappa shape index (κ2) is 4.64. The average molecular weight is 216 g/mol. The maximum Gasteiger partial charge on any atom is 0.749 e. The third kappa shape index (κ3) is 2.76. The van der Waals surface area contributed by atoms with E-state index in [1.807, 2.05) is 0 Å². The molecule has 0 aliphatic carbocycles. The third-order valence-electron chi connectivity index (χ3n) is 1.36. The highest BCUT2D eigenvalue weighted by atomic mass is 31.1. The summed E-state index contributed by atoms with van der Waals surface area (Å²) in [5, 5.41) is 10.4. The van der Waals surface area contributed by atoms with Crippen LogP contribution >= 0.6 is 8.25 Å². The Morgan fingerprint density at radius 3 is 2.79 bits per heavy atom. The number of hydrogen-bond donors (Lipinski definition) is 0. The van der Waals surface area contributed by atoms with Crippen molar-refractivity contribution in [2.45, 2.75) is 0 Å². The molecule has 0 heterocycles. The van der Waals surface area contributed by atoms with Gasteiger partial charge in [-0.2, -0.15) is 0 Å². The van der Waals surface area contributed by atoms with Gasteiger partial charge in [0.15, 0.2) is 5.75 Å². The van der Waals surface area contributed by atoms with Crippen molar-refractivity contribution in [1.82, 2.24) is 0 Å². The largest absolute Gasteiger partial charge is 0.749 e. The van der Waals surface area contributed by atoms with Crippen molar-refractivity contribution < 1.29 is 18.5 Å². The summed E-state index contributed by atoms with van der Waals surface area (Å²) in [6, 6.07) is 5.38. The average Bonchev–Trinajstić information content (AvgIpc) is 2.18. The number of hydrogen-bond acceptors (Lipinski definition) is 5. The second-order valence-corrected chi connectivity index (χ2v) is 3.25. The molecule has 1 unspecified atom stereocenters. The number of nitrogens with zero attached hydrogens (tertiary/aromatic N) is 1. The minimum absolute atomic E-state index is 0.123.